The first-order valence-electron chi connectivity index (χ1n) is 11.1. The average molecular weight is 504 g/mol. The van der Waals surface area contributed by atoms with Crippen molar-refractivity contribution in [2.45, 2.75) is 20.8 Å². The lowest BCUT2D eigenvalue weighted by molar-refractivity contribution is -0.118. The summed E-state index contributed by atoms with van der Waals surface area (Å²) in [7, 11) is 0. The third-order valence-electron chi connectivity index (χ3n) is 5.64. The number of nitrogens with zero attached hydrogens (tertiary/aromatic N) is 5. The Bertz CT molecular complexity index is 1650. The second-order valence-electron chi connectivity index (χ2n) is 8.33. The van der Waals surface area contributed by atoms with Crippen LogP contribution in [0.5, 0.6) is 5.75 Å². The summed E-state index contributed by atoms with van der Waals surface area (Å²) in [6.45, 7) is 5.58. The van der Waals surface area contributed by atoms with Gasteiger partial charge in [0.05, 0.1) is 17.6 Å². The maximum absolute atomic E-state index is 12.9. The van der Waals surface area contributed by atoms with Gasteiger partial charge >= 0.3 is 0 Å². The van der Waals surface area contributed by atoms with Gasteiger partial charge in [-0.05, 0) is 68.3 Å². The van der Waals surface area contributed by atoms with Crippen molar-refractivity contribution in [2.75, 3.05) is 11.9 Å². The lowest BCUT2D eigenvalue weighted by Gasteiger charge is -2.10. The Morgan fingerprint density at radius 2 is 1.83 bits per heavy atom. The van der Waals surface area contributed by atoms with Gasteiger partial charge in [0.15, 0.2) is 12.3 Å². The summed E-state index contributed by atoms with van der Waals surface area (Å²) in [5.74, 6) is 0.571. The zero-order valence-corrected chi connectivity index (χ0v) is 20.5. The molecule has 36 heavy (non-hydrogen) atoms. The van der Waals surface area contributed by atoms with Crippen molar-refractivity contribution in [1.82, 2.24) is 29.5 Å². The van der Waals surface area contributed by atoms with E-state index < -0.39 is 5.91 Å². The maximum atomic E-state index is 12.9. The number of aromatic amines is 1. The first-order chi connectivity index (χ1) is 17.3. The molecular formula is C25H22ClN7O3. The van der Waals surface area contributed by atoms with Gasteiger partial charge in [0, 0.05) is 11.1 Å². The number of rotatable bonds is 6. The summed E-state index contributed by atoms with van der Waals surface area (Å²) < 4.78 is 8.49. The van der Waals surface area contributed by atoms with Crippen LogP contribution in [-0.4, -0.2) is 42.0 Å². The molecule has 0 radical (unpaired) electrons. The molecule has 0 fully saturated rings. The number of amides is 1. The minimum Gasteiger partial charge on any atom is -0.484 e. The summed E-state index contributed by atoms with van der Waals surface area (Å²) >= 11 is 5.88. The van der Waals surface area contributed by atoms with E-state index in [1.807, 2.05) is 32.0 Å². The number of nitrogens with one attached hydrogen (secondary N) is 2. The lowest BCUT2D eigenvalue weighted by Crippen LogP contribution is -2.23. The molecule has 0 aliphatic rings. The van der Waals surface area contributed by atoms with E-state index in [1.54, 1.807) is 41.9 Å². The Balaban J connectivity index is 1.46. The number of ether oxygens (including phenoxy) is 1. The Morgan fingerprint density at radius 3 is 2.58 bits per heavy atom. The first-order valence-corrected chi connectivity index (χ1v) is 11.5. The van der Waals surface area contributed by atoms with Gasteiger partial charge in [-0.3, -0.25) is 14.6 Å². The molecule has 0 aliphatic heterocycles. The minimum atomic E-state index is -0.408. The number of halogens is 1. The predicted octanol–water partition coefficient (Wildman–Crippen LogP) is 3.89. The quantitative estimate of drug-likeness (QED) is 0.363. The number of benzene rings is 2. The molecule has 0 bridgehead atoms. The van der Waals surface area contributed by atoms with Gasteiger partial charge in [-0.1, -0.05) is 17.7 Å². The number of aryl methyl sites for hydroxylation is 3. The van der Waals surface area contributed by atoms with E-state index in [1.165, 1.54) is 10.9 Å². The van der Waals surface area contributed by atoms with Crippen LogP contribution in [0.4, 0.5) is 5.82 Å². The predicted molar refractivity (Wildman–Crippen MR) is 136 cm³/mol. The molecule has 3 aromatic heterocycles. The van der Waals surface area contributed by atoms with E-state index >= 15 is 0 Å². The Morgan fingerprint density at radius 1 is 1.06 bits per heavy atom. The third kappa shape index (κ3) is 4.58. The van der Waals surface area contributed by atoms with Crippen LogP contribution in [0.15, 0.2) is 59.5 Å². The molecule has 2 aromatic carbocycles. The van der Waals surface area contributed by atoms with E-state index in [9.17, 15) is 9.59 Å². The van der Waals surface area contributed by atoms with Crippen LogP contribution in [0.3, 0.4) is 0 Å². The van der Waals surface area contributed by atoms with Crippen LogP contribution in [0, 0.1) is 20.8 Å². The SMILES string of the molecule is Cc1cc(NC(=O)COc2ccc(Cl)cc2)n(-c2nc3c(cnn3-c3ccc(C)c(C)c3)c(=O)[nH]2)n1. The Hall–Kier alpha value is -4.44. The van der Waals surface area contributed by atoms with E-state index in [-0.39, 0.29) is 18.1 Å². The highest BCUT2D eigenvalue weighted by Crippen LogP contribution is 2.20. The molecule has 0 saturated heterocycles. The summed E-state index contributed by atoms with van der Waals surface area (Å²) in [5, 5.41) is 12.5. The van der Waals surface area contributed by atoms with E-state index in [4.69, 9.17) is 16.3 Å². The van der Waals surface area contributed by atoms with Gasteiger partial charge < -0.3 is 10.1 Å². The van der Waals surface area contributed by atoms with E-state index in [0.29, 0.717) is 33.3 Å². The van der Waals surface area contributed by atoms with Crippen molar-refractivity contribution < 1.29 is 9.53 Å². The highest BCUT2D eigenvalue weighted by molar-refractivity contribution is 6.30. The summed E-state index contributed by atoms with van der Waals surface area (Å²) in [5.41, 5.74) is 3.63. The summed E-state index contributed by atoms with van der Waals surface area (Å²) in [6, 6.07) is 14.3. The van der Waals surface area contributed by atoms with Gasteiger partial charge in [-0.15, -0.1) is 0 Å². The fourth-order valence-corrected chi connectivity index (χ4v) is 3.79. The van der Waals surface area contributed by atoms with Crippen LogP contribution in [-0.2, 0) is 4.79 Å². The maximum Gasteiger partial charge on any atom is 0.263 e. The molecule has 0 aliphatic carbocycles. The molecule has 5 rings (SSSR count). The van der Waals surface area contributed by atoms with E-state index in [2.05, 4.69) is 25.5 Å². The zero-order chi connectivity index (χ0) is 25.4. The molecule has 0 atom stereocenters. The Kier molecular flexibility index (Phi) is 6.03. The second-order valence-corrected chi connectivity index (χ2v) is 8.76. The number of aromatic nitrogens is 6. The van der Waals surface area contributed by atoms with Crippen LogP contribution in [0.2, 0.25) is 5.02 Å². The molecule has 10 nitrogen and oxygen atoms in total. The molecule has 0 unspecified atom stereocenters. The highest BCUT2D eigenvalue weighted by Gasteiger charge is 2.17. The smallest absolute Gasteiger partial charge is 0.263 e. The fourth-order valence-electron chi connectivity index (χ4n) is 3.66. The largest absolute Gasteiger partial charge is 0.484 e. The minimum absolute atomic E-state index is 0.139. The van der Waals surface area contributed by atoms with Gasteiger partial charge in [0.25, 0.3) is 11.5 Å². The first kappa shape index (κ1) is 23.3. The Labute approximate surface area is 210 Å². The van der Waals surface area contributed by atoms with Crippen LogP contribution in [0.1, 0.15) is 16.8 Å². The van der Waals surface area contributed by atoms with Crippen molar-refractivity contribution >= 4 is 34.4 Å². The molecule has 5 aromatic rings. The number of anilines is 1. The molecule has 11 heteroatoms. The number of fused-ring (bicyclic) bond motifs is 1. The molecule has 1 amide bonds. The number of hydrogen-bond donors (Lipinski definition) is 2. The third-order valence-corrected chi connectivity index (χ3v) is 5.90. The normalized spacial score (nSPS) is 11.1. The van der Waals surface area contributed by atoms with Crippen LogP contribution in [0.25, 0.3) is 22.7 Å². The van der Waals surface area contributed by atoms with Crippen LogP contribution < -0.4 is 15.6 Å². The molecular weight excluding hydrogens is 482 g/mol. The monoisotopic (exact) mass is 503 g/mol. The van der Waals surface area contributed by atoms with Crippen LogP contribution >= 0.6 is 11.6 Å². The van der Waals surface area contributed by atoms with Gasteiger partial charge in [-0.2, -0.15) is 19.9 Å². The summed E-state index contributed by atoms with van der Waals surface area (Å²) in [6.07, 6.45) is 1.48. The summed E-state index contributed by atoms with van der Waals surface area (Å²) in [4.78, 5) is 32.8. The number of carbonyl (C=O) groups is 1. The van der Waals surface area contributed by atoms with E-state index in [0.717, 1.165) is 16.8 Å². The molecule has 0 saturated carbocycles. The second kappa shape index (κ2) is 9.31. The lowest BCUT2D eigenvalue weighted by atomic mass is 10.1. The standard InChI is InChI=1S/C25H22ClN7O3/c1-14-4-7-18(10-15(14)2)32-23-20(12-27-32)24(35)30-25(29-23)33-21(11-16(3)31-33)28-22(34)13-36-19-8-5-17(26)6-9-19/h4-12H,13H2,1-3H3,(H,28,34)(H,29,30,35). The topological polar surface area (TPSA) is 120 Å². The van der Waals surface area contributed by atoms with Gasteiger partial charge in [0.2, 0.25) is 5.95 Å². The van der Waals surface area contributed by atoms with Crippen molar-refractivity contribution in [2.24, 2.45) is 0 Å². The van der Waals surface area contributed by atoms with Gasteiger partial charge in [0.1, 0.15) is 17.0 Å². The average Bonchev–Trinajstić information content (AvgIpc) is 3.44. The van der Waals surface area contributed by atoms with Crippen molar-refractivity contribution in [1.29, 1.82) is 0 Å². The van der Waals surface area contributed by atoms with Gasteiger partial charge in [-0.25, -0.2) is 4.68 Å². The molecule has 3 heterocycles. The van der Waals surface area contributed by atoms with Crippen molar-refractivity contribution in [3.05, 3.63) is 86.9 Å². The molecule has 2 N–H and O–H groups in total. The fraction of sp³-hybridized carbons (Fsp3) is 0.160. The van der Waals surface area contributed by atoms with Crippen molar-refractivity contribution in [3.8, 4) is 17.4 Å². The number of carbonyl (C=O) groups excluding carboxylic acids is 1. The molecule has 0 spiro atoms. The highest BCUT2D eigenvalue weighted by atomic mass is 35.5. The van der Waals surface area contributed by atoms with Crippen molar-refractivity contribution in [3.63, 3.8) is 0 Å². The number of H-pyrrole nitrogens is 1. The molecule has 182 valence electrons. The zero-order valence-electron chi connectivity index (χ0n) is 19.7. The number of hydrogen-bond acceptors (Lipinski definition) is 6.